The smallest absolute Gasteiger partial charge is 0.269 e. The molecule has 0 saturated carbocycles. The lowest BCUT2D eigenvalue weighted by Gasteiger charge is -2.33. The summed E-state index contributed by atoms with van der Waals surface area (Å²) in [5.74, 6) is 1.21. The second-order valence-corrected chi connectivity index (χ2v) is 6.91. The minimum absolute atomic E-state index is 0.0640. The van der Waals surface area contributed by atoms with E-state index in [4.69, 9.17) is 27.9 Å². The lowest BCUT2D eigenvalue weighted by atomic mass is 9.94. The van der Waals surface area contributed by atoms with Crippen LogP contribution in [-0.4, -0.2) is 34.8 Å². The Morgan fingerprint density at radius 3 is 2.54 bits per heavy atom. The molecule has 7 nitrogen and oxygen atoms in total. The van der Waals surface area contributed by atoms with Crippen LogP contribution in [0.15, 0.2) is 30.3 Å². The van der Waals surface area contributed by atoms with Gasteiger partial charge in [0.25, 0.3) is 5.69 Å². The van der Waals surface area contributed by atoms with Gasteiger partial charge in [0.1, 0.15) is 5.75 Å². The Morgan fingerprint density at radius 1 is 1.19 bits per heavy atom. The van der Waals surface area contributed by atoms with E-state index >= 15 is 0 Å². The van der Waals surface area contributed by atoms with Crippen LogP contribution in [0.5, 0.6) is 5.75 Å². The molecular weight excluding hydrogens is 379 g/mol. The molecule has 1 aromatic carbocycles. The van der Waals surface area contributed by atoms with Crippen LogP contribution < -0.4 is 9.64 Å². The Bertz CT molecular complexity index is 765. The van der Waals surface area contributed by atoms with E-state index in [1.165, 1.54) is 12.1 Å². The second kappa shape index (κ2) is 8.51. The Labute approximate surface area is 161 Å². The average Bonchev–Trinajstić information content (AvgIpc) is 2.65. The number of hydrogen-bond donors (Lipinski definition) is 0. The van der Waals surface area contributed by atoms with E-state index < -0.39 is 4.92 Å². The van der Waals surface area contributed by atoms with E-state index in [9.17, 15) is 10.1 Å². The molecule has 0 unspecified atom stereocenters. The lowest BCUT2D eigenvalue weighted by molar-refractivity contribution is -0.384. The van der Waals surface area contributed by atoms with Gasteiger partial charge in [-0.05, 0) is 37.3 Å². The van der Waals surface area contributed by atoms with E-state index in [2.05, 4.69) is 15.1 Å². The Morgan fingerprint density at radius 2 is 1.88 bits per heavy atom. The quantitative estimate of drug-likeness (QED) is 0.532. The number of non-ortho nitro benzene ring substituents is 1. The van der Waals surface area contributed by atoms with Crippen molar-refractivity contribution in [1.82, 2.24) is 10.2 Å². The van der Waals surface area contributed by atoms with Gasteiger partial charge in [-0.25, -0.2) is 0 Å². The number of aromatic nitrogens is 2. The van der Waals surface area contributed by atoms with Crippen molar-refractivity contribution >= 4 is 34.6 Å². The van der Waals surface area contributed by atoms with Crippen LogP contribution in [-0.2, 0) is 0 Å². The first-order chi connectivity index (χ1) is 12.5. The maximum Gasteiger partial charge on any atom is 0.269 e. The molecule has 1 fully saturated rings. The predicted octanol–water partition coefficient (Wildman–Crippen LogP) is 4.38. The fourth-order valence-corrected chi connectivity index (χ4v) is 3.39. The topological polar surface area (TPSA) is 81.4 Å². The zero-order valence-electron chi connectivity index (χ0n) is 14.0. The highest BCUT2D eigenvalue weighted by molar-refractivity contribution is 6.33. The van der Waals surface area contributed by atoms with Gasteiger partial charge in [-0.3, -0.25) is 10.1 Å². The van der Waals surface area contributed by atoms with Crippen LogP contribution >= 0.6 is 23.2 Å². The molecule has 3 rings (SSSR count). The number of halogens is 2. The molecule has 0 bridgehead atoms. The summed E-state index contributed by atoms with van der Waals surface area (Å²) in [5, 5.41) is 18.9. The molecule has 2 heterocycles. The molecule has 0 spiro atoms. The summed E-state index contributed by atoms with van der Waals surface area (Å²) in [4.78, 5) is 12.4. The molecular formula is C17H18Cl2N4O3. The molecule has 1 aliphatic rings. The van der Waals surface area contributed by atoms with Gasteiger partial charge in [-0.15, -0.1) is 10.2 Å². The van der Waals surface area contributed by atoms with Crippen LogP contribution in [0.1, 0.15) is 19.3 Å². The molecule has 1 aromatic heterocycles. The van der Waals surface area contributed by atoms with Gasteiger partial charge < -0.3 is 9.64 Å². The molecule has 1 saturated heterocycles. The molecule has 1 aliphatic heterocycles. The van der Waals surface area contributed by atoms with Crippen molar-refractivity contribution in [3.63, 3.8) is 0 Å². The lowest BCUT2D eigenvalue weighted by Crippen LogP contribution is -2.34. The molecule has 0 radical (unpaired) electrons. The highest BCUT2D eigenvalue weighted by Crippen LogP contribution is 2.30. The molecule has 138 valence electrons. The van der Waals surface area contributed by atoms with Gasteiger partial charge in [-0.2, -0.15) is 0 Å². The van der Waals surface area contributed by atoms with Gasteiger partial charge in [-0.1, -0.05) is 23.2 Å². The number of hydrogen-bond acceptors (Lipinski definition) is 6. The number of nitrogens with zero attached hydrogens (tertiary/aromatic N) is 4. The Balaban J connectivity index is 1.44. The van der Waals surface area contributed by atoms with Crippen LogP contribution in [0.3, 0.4) is 0 Å². The van der Waals surface area contributed by atoms with Crippen LogP contribution in [0.4, 0.5) is 11.4 Å². The Hall–Kier alpha value is -2.12. The summed E-state index contributed by atoms with van der Waals surface area (Å²) >= 11 is 12.0. The maximum atomic E-state index is 10.6. The summed E-state index contributed by atoms with van der Waals surface area (Å²) in [7, 11) is 0. The summed E-state index contributed by atoms with van der Waals surface area (Å²) in [6.07, 6.45) is 2.99. The first-order valence-electron chi connectivity index (χ1n) is 8.34. The van der Waals surface area contributed by atoms with Gasteiger partial charge in [0.15, 0.2) is 10.3 Å². The molecule has 0 N–H and O–H groups in total. The van der Waals surface area contributed by atoms with Crippen LogP contribution in [0, 0.1) is 16.0 Å². The van der Waals surface area contributed by atoms with E-state index in [0.717, 1.165) is 38.0 Å². The van der Waals surface area contributed by atoms with Crippen molar-refractivity contribution in [2.45, 2.75) is 19.3 Å². The molecule has 0 aliphatic carbocycles. The highest BCUT2D eigenvalue weighted by atomic mass is 35.5. The van der Waals surface area contributed by atoms with E-state index in [1.54, 1.807) is 18.2 Å². The number of nitro benzene ring substituents is 1. The maximum absolute atomic E-state index is 10.6. The summed E-state index contributed by atoms with van der Waals surface area (Å²) < 4.78 is 5.70. The number of rotatable bonds is 6. The van der Waals surface area contributed by atoms with Crippen molar-refractivity contribution in [3.05, 3.63) is 50.8 Å². The van der Waals surface area contributed by atoms with Crippen molar-refractivity contribution in [2.75, 3.05) is 24.6 Å². The molecule has 26 heavy (non-hydrogen) atoms. The van der Waals surface area contributed by atoms with Crippen LogP contribution in [0.2, 0.25) is 10.3 Å². The first-order valence-corrected chi connectivity index (χ1v) is 9.09. The van der Waals surface area contributed by atoms with Gasteiger partial charge in [0.05, 0.1) is 17.2 Å². The normalized spacial score (nSPS) is 15.1. The Kier molecular flexibility index (Phi) is 6.11. The summed E-state index contributed by atoms with van der Waals surface area (Å²) in [6.45, 7) is 2.35. The highest BCUT2D eigenvalue weighted by Gasteiger charge is 2.22. The minimum atomic E-state index is -0.421. The number of anilines is 1. The minimum Gasteiger partial charge on any atom is -0.494 e. The third-order valence-electron chi connectivity index (χ3n) is 4.50. The van der Waals surface area contributed by atoms with Crippen LogP contribution in [0.25, 0.3) is 0 Å². The zero-order valence-corrected chi connectivity index (χ0v) is 15.5. The van der Waals surface area contributed by atoms with Crippen molar-refractivity contribution in [1.29, 1.82) is 0 Å². The van der Waals surface area contributed by atoms with E-state index in [-0.39, 0.29) is 5.69 Å². The second-order valence-electron chi connectivity index (χ2n) is 6.16. The summed E-state index contributed by atoms with van der Waals surface area (Å²) in [5.41, 5.74) is 0.890. The fraction of sp³-hybridized carbons (Fsp3) is 0.412. The average molecular weight is 397 g/mol. The molecule has 2 aromatic rings. The molecule has 0 amide bonds. The predicted molar refractivity (Wildman–Crippen MR) is 100 cm³/mol. The fourth-order valence-electron chi connectivity index (χ4n) is 3.04. The number of benzene rings is 1. The standard InChI is InChI=1S/C17H18Cl2N4O3/c18-16-11-15(17(19)21-20-16)22-8-5-12(6-9-22)7-10-26-14-3-1-13(2-4-14)23(24)25/h1-4,11-12H,5-10H2. The first kappa shape index (κ1) is 18.7. The molecule has 9 heteroatoms. The zero-order chi connectivity index (χ0) is 18.5. The largest absolute Gasteiger partial charge is 0.494 e. The monoisotopic (exact) mass is 396 g/mol. The van der Waals surface area contributed by atoms with E-state index in [1.807, 2.05) is 0 Å². The third-order valence-corrected chi connectivity index (χ3v) is 4.95. The number of nitro groups is 1. The van der Waals surface area contributed by atoms with Gasteiger partial charge in [0.2, 0.25) is 0 Å². The summed E-state index contributed by atoms with van der Waals surface area (Å²) in [6, 6.07) is 7.90. The van der Waals surface area contributed by atoms with Gasteiger partial charge >= 0.3 is 0 Å². The molecule has 0 atom stereocenters. The van der Waals surface area contributed by atoms with Crippen molar-refractivity contribution < 1.29 is 9.66 Å². The van der Waals surface area contributed by atoms with E-state index in [0.29, 0.717) is 28.6 Å². The number of piperidine rings is 1. The van der Waals surface area contributed by atoms with Crippen molar-refractivity contribution in [3.8, 4) is 5.75 Å². The third kappa shape index (κ3) is 4.74. The van der Waals surface area contributed by atoms with Crippen molar-refractivity contribution in [2.24, 2.45) is 5.92 Å². The SMILES string of the molecule is O=[N+]([O-])c1ccc(OCCC2CCN(c3cc(Cl)nnc3Cl)CC2)cc1. The number of ether oxygens (including phenoxy) is 1. The van der Waals surface area contributed by atoms with Gasteiger partial charge in [0, 0.05) is 31.3 Å².